The van der Waals surface area contributed by atoms with E-state index in [1.54, 1.807) is 11.3 Å². The van der Waals surface area contributed by atoms with Gasteiger partial charge in [-0.25, -0.2) is 4.98 Å². The molecule has 5 heteroatoms. The van der Waals surface area contributed by atoms with Gasteiger partial charge in [-0.15, -0.1) is 11.3 Å². The van der Waals surface area contributed by atoms with Crippen molar-refractivity contribution in [3.8, 4) is 0 Å². The van der Waals surface area contributed by atoms with Crippen LogP contribution in [-0.4, -0.2) is 28.4 Å². The van der Waals surface area contributed by atoms with Gasteiger partial charge < -0.3 is 4.74 Å². The summed E-state index contributed by atoms with van der Waals surface area (Å²) < 4.78 is 7.12. The van der Waals surface area contributed by atoms with Crippen molar-refractivity contribution in [2.24, 2.45) is 0 Å². The van der Waals surface area contributed by atoms with Crippen molar-refractivity contribution in [3.05, 3.63) is 23.5 Å². The lowest BCUT2D eigenvalue weighted by molar-refractivity contribution is -0.122. The van der Waals surface area contributed by atoms with Crippen LogP contribution in [0.2, 0.25) is 0 Å². The lowest BCUT2D eigenvalue weighted by Gasteiger charge is -1.99. The maximum atomic E-state index is 11.5. The number of nitrogens with zero attached hydrogens (tertiary/aromatic N) is 2. The van der Waals surface area contributed by atoms with E-state index >= 15 is 0 Å². The van der Waals surface area contributed by atoms with Crippen LogP contribution in [0, 0.1) is 0 Å². The number of fused-ring (bicyclic) bond motifs is 1. The number of imidazole rings is 1. The molecular weight excluding hydrogens is 224 g/mol. The second-order valence-electron chi connectivity index (χ2n) is 3.59. The lowest BCUT2D eigenvalue weighted by atomic mass is 10.2. The standard InChI is InChI=1S/C11H14N2O2S/c1-2-4-15-8-10(14)6-9-7-13-3-5-16-11(13)12-9/h3,5,7H,2,4,6,8H2,1H3. The van der Waals surface area contributed by atoms with Gasteiger partial charge in [0.2, 0.25) is 0 Å². The normalized spacial score (nSPS) is 11.1. The highest BCUT2D eigenvalue weighted by molar-refractivity contribution is 7.15. The zero-order valence-corrected chi connectivity index (χ0v) is 10.00. The highest BCUT2D eigenvalue weighted by Gasteiger charge is 2.08. The molecule has 0 unspecified atom stereocenters. The van der Waals surface area contributed by atoms with Crippen LogP contribution < -0.4 is 0 Å². The summed E-state index contributed by atoms with van der Waals surface area (Å²) >= 11 is 1.57. The van der Waals surface area contributed by atoms with Gasteiger partial charge in [-0.05, 0) is 6.42 Å². The number of hydrogen-bond acceptors (Lipinski definition) is 4. The predicted molar refractivity (Wildman–Crippen MR) is 62.9 cm³/mol. The first-order valence-electron chi connectivity index (χ1n) is 5.30. The number of thiazole rings is 1. The largest absolute Gasteiger partial charge is 0.374 e. The van der Waals surface area contributed by atoms with Crippen molar-refractivity contribution in [3.63, 3.8) is 0 Å². The second-order valence-corrected chi connectivity index (χ2v) is 4.47. The molecule has 4 nitrogen and oxygen atoms in total. The summed E-state index contributed by atoms with van der Waals surface area (Å²) in [5.41, 5.74) is 0.817. The van der Waals surface area contributed by atoms with E-state index in [4.69, 9.17) is 4.74 Å². The van der Waals surface area contributed by atoms with Gasteiger partial charge in [-0.2, -0.15) is 0 Å². The number of ether oxygens (including phenoxy) is 1. The van der Waals surface area contributed by atoms with Crippen molar-refractivity contribution < 1.29 is 9.53 Å². The van der Waals surface area contributed by atoms with Crippen molar-refractivity contribution >= 4 is 22.1 Å². The van der Waals surface area contributed by atoms with E-state index in [-0.39, 0.29) is 12.4 Å². The Bertz CT molecular complexity index is 446. The summed E-state index contributed by atoms with van der Waals surface area (Å²) in [6.07, 6.45) is 5.13. The molecule has 0 radical (unpaired) electrons. The minimum atomic E-state index is 0.0826. The molecule has 0 aliphatic heterocycles. The summed E-state index contributed by atoms with van der Waals surface area (Å²) in [6, 6.07) is 0. The van der Waals surface area contributed by atoms with E-state index < -0.39 is 0 Å². The summed E-state index contributed by atoms with van der Waals surface area (Å²) in [5, 5.41) is 1.97. The molecule has 0 amide bonds. The molecule has 0 spiro atoms. The maximum absolute atomic E-state index is 11.5. The number of Topliss-reactive ketones (excluding diaryl/α,β-unsaturated/α-hetero) is 1. The molecule has 0 aliphatic carbocycles. The molecule has 0 aromatic carbocycles. The number of aromatic nitrogens is 2. The molecule has 2 aromatic rings. The Morgan fingerprint density at radius 1 is 1.62 bits per heavy atom. The van der Waals surface area contributed by atoms with Crippen LogP contribution in [0.1, 0.15) is 19.0 Å². The fourth-order valence-electron chi connectivity index (χ4n) is 1.44. The van der Waals surface area contributed by atoms with E-state index in [1.807, 2.05) is 29.1 Å². The quantitative estimate of drug-likeness (QED) is 0.722. The van der Waals surface area contributed by atoms with Crippen LogP contribution in [0.3, 0.4) is 0 Å². The molecular formula is C11H14N2O2S. The number of carbonyl (C=O) groups is 1. The Morgan fingerprint density at radius 3 is 3.25 bits per heavy atom. The van der Waals surface area contributed by atoms with Gasteiger partial charge in [-0.3, -0.25) is 9.20 Å². The summed E-state index contributed by atoms with van der Waals surface area (Å²) in [5.74, 6) is 0.0826. The zero-order chi connectivity index (χ0) is 11.4. The van der Waals surface area contributed by atoms with Gasteiger partial charge in [0, 0.05) is 24.4 Å². The molecule has 16 heavy (non-hydrogen) atoms. The predicted octanol–water partition coefficient (Wildman–Crippen LogP) is 1.93. The monoisotopic (exact) mass is 238 g/mol. The van der Waals surface area contributed by atoms with Gasteiger partial charge in [0.15, 0.2) is 10.7 Å². The SMILES string of the molecule is CCCOCC(=O)Cc1cn2ccsc2n1. The molecule has 0 atom stereocenters. The average molecular weight is 238 g/mol. The van der Waals surface area contributed by atoms with Gasteiger partial charge in [0.1, 0.15) is 6.61 Å². The van der Waals surface area contributed by atoms with Crippen LogP contribution in [0.15, 0.2) is 17.8 Å². The highest BCUT2D eigenvalue weighted by atomic mass is 32.1. The molecule has 0 bridgehead atoms. The third-order valence-electron chi connectivity index (χ3n) is 2.13. The van der Waals surface area contributed by atoms with Gasteiger partial charge in [-0.1, -0.05) is 6.92 Å². The second kappa shape index (κ2) is 5.23. The Kier molecular flexibility index (Phi) is 3.69. The number of hydrogen-bond donors (Lipinski definition) is 0. The molecule has 0 aliphatic rings. The minimum Gasteiger partial charge on any atom is -0.374 e. The summed E-state index contributed by atoms with van der Waals surface area (Å²) in [4.78, 5) is 16.8. The summed E-state index contributed by atoms with van der Waals surface area (Å²) in [7, 11) is 0. The fraction of sp³-hybridized carbons (Fsp3) is 0.455. The lowest BCUT2D eigenvalue weighted by Crippen LogP contribution is -2.12. The van der Waals surface area contributed by atoms with Crippen LogP contribution in [-0.2, 0) is 16.0 Å². The first kappa shape index (κ1) is 11.3. The molecule has 0 saturated carbocycles. The van der Waals surface area contributed by atoms with Crippen LogP contribution in [0.25, 0.3) is 4.96 Å². The van der Waals surface area contributed by atoms with Crippen LogP contribution in [0.4, 0.5) is 0 Å². The van der Waals surface area contributed by atoms with Crippen molar-refractivity contribution in [1.29, 1.82) is 0 Å². The summed E-state index contributed by atoms with van der Waals surface area (Å²) in [6.45, 7) is 2.86. The number of rotatable bonds is 6. The molecule has 86 valence electrons. The Morgan fingerprint density at radius 2 is 2.50 bits per heavy atom. The smallest absolute Gasteiger partial charge is 0.193 e. The Hall–Kier alpha value is -1.20. The molecule has 2 aromatic heterocycles. The van der Waals surface area contributed by atoms with E-state index in [1.165, 1.54) is 0 Å². The first-order chi connectivity index (χ1) is 7.79. The number of carbonyl (C=O) groups excluding carboxylic acids is 1. The maximum Gasteiger partial charge on any atom is 0.193 e. The average Bonchev–Trinajstić information content (AvgIpc) is 2.78. The van der Waals surface area contributed by atoms with E-state index in [0.29, 0.717) is 13.0 Å². The number of ketones is 1. The molecule has 0 N–H and O–H groups in total. The third-order valence-corrected chi connectivity index (χ3v) is 2.90. The molecule has 0 fully saturated rings. The molecule has 2 heterocycles. The first-order valence-corrected chi connectivity index (χ1v) is 6.18. The van der Waals surface area contributed by atoms with Gasteiger partial charge >= 0.3 is 0 Å². The fourth-order valence-corrected chi connectivity index (χ4v) is 2.16. The van der Waals surface area contributed by atoms with Crippen LogP contribution in [0.5, 0.6) is 0 Å². The van der Waals surface area contributed by atoms with Crippen molar-refractivity contribution in [1.82, 2.24) is 9.38 Å². The minimum absolute atomic E-state index is 0.0826. The molecule has 2 rings (SSSR count). The zero-order valence-electron chi connectivity index (χ0n) is 9.18. The van der Waals surface area contributed by atoms with Crippen LogP contribution >= 0.6 is 11.3 Å². The van der Waals surface area contributed by atoms with E-state index in [9.17, 15) is 4.79 Å². The van der Waals surface area contributed by atoms with Crippen molar-refractivity contribution in [2.75, 3.05) is 13.2 Å². The third kappa shape index (κ3) is 2.68. The van der Waals surface area contributed by atoms with E-state index in [0.717, 1.165) is 17.1 Å². The Balaban J connectivity index is 1.89. The van der Waals surface area contributed by atoms with Gasteiger partial charge in [0.05, 0.1) is 12.1 Å². The topological polar surface area (TPSA) is 43.6 Å². The molecule has 0 saturated heterocycles. The van der Waals surface area contributed by atoms with E-state index in [2.05, 4.69) is 4.98 Å². The van der Waals surface area contributed by atoms with Crippen molar-refractivity contribution in [2.45, 2.75) is 19.8 Å². The van der Waals surface area contributed by atoms with Gasteiger partial charge in [0.25, 0.3) is 0 Å². The Labute approximate surface area is 97.9 Å². The highest BCUT2D eigenvalue weighted by Crippen LogP contribution is 2.11.